The Hall–Kier alpha value is -2.19. The number of halogens is 1. The number of hydrogen-bond donors (Lipinski definition) is 0. The first kappa shape index (κ1) is 10.7. The van der Waals surface area contributed by atoms with Gasteiger partial charge >= 0.3 is 0 Å². The van der Waals surface area contributed by atoms with Gasteiger partial charge in [0.1, 0.15) is 11.5 Å². The second-order valence-corrected chi connectivity index (χ2v) is 4.84. The number of rotatable bonds is 0. The monoisotopic (exact) mass is 264 g/mol. The summed E-state index contributed by atoms with van der Waals surface area (Å²) in [6.45, 7) is 0. The van der Waals surface area contributed by atoms with Crippen molar-refractivity contribution >= 4 is 44.0 Å². The third-order valence-corrected chi connectivity index (χ3v) is 3.76. The molecular weight excluding hydrogens is 256 g/mol. The van der Waals surface area contributed by atoms with E-state index in [9.17, 15) is 0 Å². The molecule has 1 aromatic heterocycles. The lowest BCUT2D eigenvalue weighted by atomic mass is 9.98. The molecule has 0 amide bonds. The summed E-state index contributed by atoms with van der Waals surface area (Å²) in [7, 11) is 0. The zero-order valence-electron chi connectivity index (χ0n) is 9.97. The third kappa shape index (κ3) is 1.44. The van der Waals surface area contributed by atoms with Crippen LogP contribution in [0.1, 0.15) is 0 Å². The van der Waals surface area contributed by atoms with Gasteiger partial charge in [0.2, 0.25) is 0 Å². The SMILES string of the molecule is Clc1ncnc2c3ccccc3c3ccccc3c12. The maximum Gasteiger partial charge on any atom is 0.140 e. The highest BCUT2D eigenvalue weighted by molar-refractivity contribution is 6.39. The Balaban J connectivity index is 2.48. The Morgan fingerprint density at radius 3 is 2.00 bits per heavy atom. The van der Waals surface area contributed by atoms with Gasteiger partial charge in [-0.15, -0.1) is 0 Å². The Morgan fingerprint density at radius 1 is 0.684 bits per heavy atom. The van der Waals surface area contributed by atoms with Crippen LogP contribution in [0.15, 0.2) is 54.9 Å². The molecule has 4 aromatic rings. The van der Waals surface area contributed by atoms with Crippen molar-refractivity contribution in [3.05, 3.63) is 60.0 Å². The summed E-state index contributed by atoms with van der Waals surface area (Å²) in [5.74, 6) is 0. The van der Waals surface area contributed by atoms with Gasteiger partial charge in [-0.05, 0) is 16.2 Å². The van der Waals surface area contributed by atoms with Gasteiger partial charge in [-0.2, -0.15) is 0 Å². The number of fused-ring (bicyclic) bond motifs is 6. The molecule has 0 saturated heterocycles. The topological polar surface area (TPSA) is 25.8 Å². The van der Waals surface area contributed by atoms with Gasteiger partial charge < -0.3 is 0 Å². The smallest absolute Gasteiger partial charge is 0.140 e. The zero-order chi connectivity index (χ0) is 12.8. The normalized spacial score (nSPS) is 11.4. The molecule has 90 valence electrons. The minimum Gasteiger partial charge on any atom is -0.236 e. The summed E-state index contributed by atoms with van der Waals surface area (Å²) < 4.78 is 0. The Kier molecular flexibility index (Phi) is 2.20. The Labute approximate surface area is 114 Å². The first-order chi connectivity index (χ1) is 9.36. The van der Waals surface area contributed by atoms with E-state index in [1.807, 2.05) is 24.3 Å². The second-order valence-electron chi connectivity index (χ2n) is 4.48. The van der Waals surface area contributed by atoms with E-state index >= 15 is 0 Å². The van der Waals surface area contributed by atoms with E-state index in [0.717, 1.165) is 21.7 Å². The van der Waals surface area contributed by atoms with Crippen molar-refractivity contribution in [1.29, 1.82) is 0 Å². The van der Waals surface area contributed by atoms with Crippen LogP contribution in [0.4, 0.5) is 0 Å². The van der Waals surface area contributed by atoms with Crippen LogP contribution < -0.4 is 0 Å². The van der Waals surface area contributed by atoms with Crippen molar-refractivity contribution in [3.8, 4) is 0 Å². The van der Waals surface area contributed by atoms with E-state index < -0.39 is 0 Å². The van der Waals surface area contributed by atoms with Gasteiger partial charge in [-0.3, -0.25) is 0 Å². The van der Waals surface area contributed by atoms with Crippen molar-refractivity contribution in [2.45, 2.75) is 0 Å². The number of hydrogen-bond acceptors (Lipinski definition) is 2. The highest BCUT2D eigenvalue weighted by atomic mass is 35.5. The number of benzene rings is 3. The molecule has 0 atom stereocenters. The molecule has 19 heavy (non-hydrogen) atoms. The molecule has 0 bridgehead atoms. The summed E-state index contributed by atoms with van der Waals surface area (Å²) in [6, 6.07) is 16.5. The molecule has 0 aliphatic carbocycles. The molecule has 1 heterocycles. The highest BCUT2D eigenvalue weighted by Gasteiger charge is 2.11. The highest BCUT2D eigenvalue weighted by Crippen LogP contribution is 2.35. The summed E-state index contributed by atoms with van der Waals surface area (Å²) in [5, 5.41) is 6.02. The van der Waals surface area contributed by atoms with Crippen LogP contribution in [0, 0.1) is 0 Å². The fraction of sp³-hybridized carbons (Fsp3) is 0. The Bertz CT molecular complexity index is 886. The van der Waals surface area contributed by atoms with Gasteiger partial charge in [-0.1, -0.05) is 60.1 Å². The average Bonchev–Trinajstić information content (AvgIpc) is 2.47. The van der Waals surface area contributed by atoms with Crippen LogP contribution in [0.2, 0.25) is 5.15 Å². The number of aromatic nitrogens is 2. The van der Waals surface area contributed by atoms with Crippen LogP contribution in [-0.2, 0) is 0 Å². The van der Waals surface area contributed by atoms with Crippen LogP contribution in [0.3, 0.4) is 0 Å². The summed E-state index contributed by atoms with van der Waals surface area (Å²) in [4.78, 5) is 8.54. The largest absolute Gasteiger partial charge is 0.236 e. The predicted molar refractivity (Wildman–Crippen MR) is 79.6 cm³/mol. The van der Waals surface area contributed by atoms with E-state index in [1.54, 1.807) is 0 Å². The molecule has 0 fully saturated rings. The lowest BCUT2D eigenvalue weighted by molar-refractivity contribution is 1.23. The maximum absolute atomic E-state index is 6.29. The quantitative estimate of drug-likeness (QED) is 0.343. The van der Waals surface area contributed by atoms with Gasteiger partial charge in [0.15, 0.2) is 0 Å². The minimum absolute atomic E-state index is 0.506. The van der Waals surface area contributed by atoms with Gasteiger partial charge in [0.25, 0.3) is 0 Å². The third-order valence-electron chi connectivity index (χ3n) is 3.47. The predicted octanol–water partition coefficient (Wildman–Crippen LogP) is 4.59. The van der Waals surface area contributed by atoms with Crippen molar-refractivity contribution in [2.24, 2.45) is 0 Å². The second kappa shape index (κ2) is 3.90. The van der Waals surface area contributed by atoms with Crippen molar-refractivity contribution < 1.29 is 0 Å². The van der Waals surface area contributed by atoms with Crippen LogP contribution >= 0.6 is 11.6 Å². The van der Waals surface area contributed by atoms with Gasteiger partial charge in [0, 0.05) is 10.8 Å². The van der Waals surface area contributed by atoms with Crippen molar-refractivity contribution in [2.75, 3.05) is 0 Å². The maximum atomic E-state index is 6.29. The first-order valence-electron chi connectivity index (χ1n) is 6.06. The molecule has 0 radical (unpaired) electrons. The van der Waals surface area contributed by atoms with E-state index in [0.29, 0.717) is 5.15 Å². The molecule has 0 saturated carbocycles. The van der Waals surface area contributed by atoms with Crippen LogP contribution in [0.25, 0.3) is 32.4 Å². The molecule has 0 N–H and O–H groups in total. The summed E-state index contributed by atoms with van der Waals surface area (Å²) >= 11 is 6.29. The summed E-state index contributed by atoms with van der Waals surface area (Å²) in [5.41, 5.74) is 0.911. The number of nitrogens with zero attached hydrogens (tertiary/aromatic N) is 2. The molecule has 0 aliphatic heterocycles. The van der Waals surface area contributed by atoms with E-state index in [4.69, 9.17) is 11.6 Å². The molecule has 0 aliphatic rings. The zero-order valence-corrected chi connectivity index (χ0v) is 10.7. The van der Waals surface area contributed by atoms with Crippen molar-refractivity contribution in [1.82, 2.24) is 9.97 Å². The first-order valence-corrected chi connectivity index (χ1v) is 6.44. The molecular formula is C16H9ClN2. The van der Waals surface area contributed by atoms with Gasteiger partial charge in [-0.25, -0.2) is 9.97 Å². The molecule has 0 unspecified atom stereocenters. The van der Waals surface area contributed by atoms with Crippen LogP contribution in [0.5, 0.6) is 0 Å². The molecule has 3 aromatic carbocycles. The molecule has 3 heteroatoms. The average molecular weight is 265 g/mol. The lowest BCUT2D eigenvalue weighted by Crippen LogP contribution is -1.88. The van der Waals surface area contributed by atoms with E-state index in [1.165, 1.54) is 17.1 Å². The fourth-order valence-corrected chi connectivity index (χ4v) is 2.90. The van der Waals surface area contributed by atoms with E-state index in [-0.39, 0.29) is 0 Å². The standard InChI is InChI=1S/C16H9ClN2/c17-16-14-12-7-3-1-5-10(12)11-6-2-4-8-13(11)15(14)18-9-19-16/h1-9H. The minimum atomic E-state index is 0.506. The lowest BCUT2D eigenvalue weighted by Gasteiger charge is -2.09. The summed E-state index contributed by atoms with van der Waals surface area (Å²) in [6.07, 6.45) is 1.52. The van der Waals surface area contributed by atoms with E-state index in [2.05, 4.69) is 34.2 Å². The van der Waals surface area contributed by atoms with Gasteiger partial charge in [0.05, 0.1) is 5.52 Å². The fourth-order valence-electron chi connectivity index (χ4n) is 2.67. The van der Waals surface area contributed by atoms with Crippen molar-refractivity contribution in [3.63, 3.8) is 0 Å². The molecule has 2 nitrogen and oxygen atoms in total. The Morgan fingerprint density at radius 2 is 1.26 bits per heavy atom. The van der Waals surface area contributed by atoms with Crippen LogP contribution in [-0.4, -0.2) is 9.97 Å². The molecule has 0 spiro atoms. The molecule has 4 rings (SSSR count).